The maximum Gasteiger partial charge on any atom is 0.354 e. The Morgan fingerprint density at radius 3 is 2.70 bits per heavy atom. The number of aromatic nitrogens is 1. The third kappa shape index (κ3) is 3.76. The predicted molar refractivity (Wildman–Crippen MR) is 75.5 cm³/mol. The van der Waals surface area contributed by atoms with E-state index in [1.165, 1.54) is 12.3 Å². The molecule has 0 spiro atoms. The second-order valence-electron chi connectivity index (χ2n) is 4.98. The minimum atomic E-state index is -3.83. The van der Waals surface area contributed by atoms with E-state index in [9.17, 15) is 13.2 Å². The Labute approximate surface area is 123 Å². The molecule has 7 heteroatoms. The second-order valence-corrected chi connectivity index (χ2v) is 7.55. The summed E-state index contributed by atoms with van der Waals surface area (Å²) in [6.07, 6.45) is 6.15. The molecule has 0 N–H and O–H groups in total. The smallest absolute Gasteiger partial charge is 0.354 e. The first-order chi connectivity index (χ1) is 9.43. The van der Waals surface area contributed by atoms with Crippen LogP contribution in [0.5, 0.6) is 0 Å². The molecule has 1 aromatic heterocycles. The lowest BCUT2D eigenvalue weighted by molar-refractivity contribution is 0.0485. The molecule has 1 aliphatic rings. The molecule has 0 unspecified atom stereocenters. The lowest BCUT2D eigenvalue weighted by atomic mass is 10.3. The standard InChI is InChI=1S/C13H18ClNO4S/c1-2-3-4-7-19-13(16)12-8-11(20(14,17)18)9-15(12)10-5-6-10/h8-10H,2-7H2,1H3. The Balaban J connectivity index is 2.13. The summed E-state index contributed by atoms with van der Waals surface area (Å²) in [5.74, 6) is -0.487. The average molecular weight is 320 g/mol. The van der Waals surface area contributed by atoms with Crippen LogP contribution in [-0.4, -0.2) is 25.6 Å². The Morgan fingerprint density at radius 2 is 2.15 bits per heavy atom. The van der Waals surface area contributed by atoms with Gasteiger partial charge in [-0.05, 0) is 25.3 Å². The van der Waals surface area contributed by atoms with Crippen LogP contribution >= 0.6 is 10.7 Å². The van der Waals surface area contributed by atoms with Crippen molar-refractivity contribution in [3.05, 3.63) is 18.0 Å². The molecule has 1 saturated carbocycles. The van der Waals surface area contributed by atoms with Gasteiger partial charge < -0.3 is 9.30 Å². The number of carbonyl (C=O) groups excluding carboxylic acids is 1. The van der Waals surface area contributed by atoms with Crippen LogP contribution in [0, 0.1) is 0 Å². The summed E-state index contributed by atoms with van der Waals surface area (Å²) in [4.78, 5) is 12.0. The highest BCUT2D eigenvalue weighted by atomic mass is 35.7. The molecule has 0 radical (unpaired) electrons. The quantitative estimate of drug-likeness (QED) is 0.440. The van der Waals surface area contributed by atoms with Gasteiger partial charge in [0.2, 0.25) is 0 Å². The van der Waals surface area contributed by atoms with Gasteiger partial charge in [-0.25, -0.2) is 13.2 Å². The van der Waals surface area contributed by atoms with Gasteiger partial charge in [0.25, 0.3) is 9.05 Å². The van der Waals surface area contributed by atoms with Crippen LogP contribution in [0.25, 0.3) is 0 Å². The van der Waals surface area contributed by atoms with Crippen LogP contribution < -0.4 is 0 Å². The van der Waals surface area contributed by atoms with E-state index in [1.54, 1.807) is 4.57 Å². The fraction of sp³-hybridized carbons (Fsp3) is 0.615. The Kier molecular flexibility index (Phi) is 4.75. The number of hydrogen-bond acceptors (Lipinski definition) is 4. The highest BCUT2D eigenvalue weighted by Crippen LogP contribution is 2.37. The number of esters is 1. The van der Waals surface area contributed by atoms with Crippen molar-refractivity contribution >= 4 is 25.7 Å². The number of carbonyl (C=O) groups is 1. The van der Waals surface area contributed by atoms with Crippen molar-refractivity contribution in [2.75, 3.05) is 6.61 Å². The number of ether oxygens (including phenoxy) is 1. The molecule has 0 atom stereocenters. The molecule has 1 aliphatic carbocycles. The van der Waals surface area contributed by atoms with Gasteiger partial charge in [0.1, 0.15) is 10.6 Å². The average Bonchev–Trinajstić information content (AvgIpc) is 3.11. The fourth-order valence-electron chi connectivity index (χ4n) is 2.00. The Morgan fingerprint density at radius 1 is 1.45 bits per heavy atom. The largest absolute Gasteiger partial charge is 0.461 e. The van der Waals surface area contributed by atoms with E-state index >= 15 is 0 Å². The van der Waals surface area contributed by atoms with Crippen molar-refractivity contribution < 1.29 is 17.9 Å². The summed E-state index contributed by atoms with van der Waals surface area (Å²) in [5.41, 5.74) is 0.267. The number of halogens is 1. The third-order valence-corrected chi connectivity index (χ3v) is 4.56. The first-order valence-corrected chi connectivity index (χ1v) is 9.08. The minimum absolute atomic E-state index is 0.0495. The number of hydrogen-bond donors (Lipinski definition) is 0. The van der Waals surface area contributed by atoms with Crippen molar-refractivity contribution in [3.63, 3.8) is 0 Å². The zero-order valence-corrected chi connectivity index (χ0v) is 12.9. The van der Waals surface area contributed by atoms with E-state index in [2.05, 4.69) is 6.92 Å². The molecule has 1 heterocycles. The molecule has 20 heavy (non-hydrogen) atoms. The number of nitrogens with zero attached hydrogens (tertiary/aromatic N) is 1. The summed E-state index contributed by atoms with van der Waals surface area (Å²) < 4.78 is 29.6. The Bertz CT molecular complexity index is 590. The van der Waals surface area contributed by atoms with Crippen LogP contribution in [0.1, 0.15) is 55.6 Å². The monoisotopic (exact) mass is 319 g/mol. The van der Waals surface area contributed by atoms with Crippen molar-refractivity contribution in [1.82, 2.24) is 4.57 Å². The summed E-state index contributed by atoms with van der Waals surface area (Å²) in [7, 11) is 1.50. The highest BCUT2D eigenvalue weighted by Gasteiger charge is 2.30. The zero-order valence-electron chi connectivity index (χ0n) is 11.3. The molecule has 0 bridgehead atoms. The molecular weight excluding hydrogens is 302 g/mol. The van der Waals surface area contributed by atoms with Gasteiger partial charge in [0.15, 0.2) is 0 Å². The van der Waals surface area contributed by atoms with Gasteiger partial charge in [-0.2, -0.15) is 0 Å². The summed E-state index contributed by atoms with van der Waals surface area (Å²) in [6, 6.07) is 1.48. The SMILES string of the molecule is CCCCCOC(=O)c1cc(S(=O)(=O)Cl)cn1C1CC1. The van der Waals surface area contributed by atoms with Gasteiger partial charge in [-0.1, -0.05) is 19.8 Å². The fourth-order valence-corrected chi connectivity index (χ4v) is 2.74. The van der Waals surface area contributed by atoms with Crippen molar-refractivity contribution in [1.29, 1.82) is 0 Å². The van der Waals surface area contributed by atoms with E-state index in [4.69, 9.17) is 15.4 Å². The lowest BCUT2D eigenvalue weighted by Crippen LogP contribution is -2.11. The van der Waals surface area contributed by atoms with Crippen LogP contribution in [0.3, 0.4) is 0 Å². The third-order valence-electron chi connectivity index (χ3n) is 3.24. The number of rotatable bonds is 7. The lowest BCUT2D eigenvalue weighted by Gasteiger charge is -2.07. The van der Waals surface area contributed by atoms with Crippen LogP contribution in [0.2, 0.25) is 0 Å². The van der Waals surface area contributed by atoms with Crippen LogP contribution in [-0.2, 0) is 13.8 Å². The van der Waals surface area contributed by atoms with Gasteiger partial charge in [0, 0.05) is 22.9 Å². The molecule has 112 valence electrons. The van der Waals surface area contributed by atoms with Crippen molar-refractivity contribution in [2.24, 2.45) is 0 Å². The topological polar surface area (TPSA) is 65.4 Å². The summed E-state index contributed by atoms with van der Waals surface area (Å²) in [6.45, 7) is 2.42. The van der Waals surface area contributed by atoms with E-state index in [1.807, 2.05) is 0 Å². The molecule has 2 rings (SSSR count). The van der Waals surface area contributed by atoms with Crippen LogP contribution in [0.4, 0.5) is 0 Å². The molecule has 0 saturated heterocycles. The second kappa shape index (κ2) is 6.18. The molecule has 1 fully saturated rings. The normalized spacial score (nSPS) is 15.3. The maximum absolute atomic E-state index is 12.0. The summed E-state index contributed by atoms with van der Waals surface area (Å²) in [5, 5.41) is 0. The zero-order chi connectivity index (χ0) is 14.8. The molecule has 0 amide bonds. The van der Waals surface area contributed by atoms with E-state index < -0.39 is 15.0 Å². The minimum Gasteiger partial charge on any atom is -0.461 e. The first kappa shape index (κ1) is 15.4. The molecule has 0 aromatic carbocycles. The van der Waals surface area contributed by atoms with E-state index in [-0.39, 0.29) is 16.6 Å². The summed E-state index contributed by atoms with van der Waals surface area (Å²) >= 11 is 0. The number of unbranched alkanes of at least 4 members (excludes halogenated alkanes) is 2. The molecular formula is C13H18ClNO4S. The predicted octanol–water partition coefficient (Wildman–Crippen LogP) is 3.10. The van der Waals surface area contributed by atoms with Gasteiger partial charge in [0.05, 0.1) is 6.61 Å². The highest BCUT2D eigenvalue weighted by molar-refractivity contribution is 8.13. The van der Waals surface area contributed by atoms with Crippen molar-refractivity contribution in [2.45, 2.75) is 50.0 Å². The maximum atomic E-state index is 12.0. The van der Waals surface area contributed by atoms with Gasteiger partial charge in [-0.3, -0.25) is 0 Å². The van der Waals surface area contributed by atoms with Gasteiger partial charge >= 0.3 is 5.97 Å². The molecule has 1 aromatic rings. The molecule has 5 nitrogen and oxygen atoms in total. The van der Waals surface area contributed by atoms with Gasteiger partial charge in [-0.15, -0.1) is 0 Å². The Hall–Kier alpha value is -1.01. The first-order valence-electron chi connectivity index (χ1n) is 6.77. The van der Waals surface area contributed by atoms with Crippen molar-refractivity contribution in [3.8, 4) is 0 Å². The van der Waals surface area contributed by atoms with E-state index in [0.29, 0.717) is 6.61 Å². The molecule has 0 aliphatic heterocycles. The van der Waals surface area contributed by atoms with E-state index in [0.717, 1.165) is 32.1 Å². The van der Waals surface area contributed by atoms with Crippen LogP contribution in [0.15, 0.2) is 17.2 Å².